The van der Waals surface area contributed by atoms with Crippen LogP contribution >= 0.6 is 11.6 Å². The average Bonchev–Trinajstić information content (AvgIpc) is 3.13. The molecular formula is C17H15ClFN5O3. The largest absolute Gasteiger partial charge is 0.478 e. The summed E-state index contributed by atoms with van der Waals surface area (Å²) in [6.45, 7) is 2.07. The van der Waals surface area contributed by atoms with Crippen LogP contribution in [-0.4, -0.2) is 36.5 Å². The zero-order chi connectivity index (χ0) is 19.7. The maximum Gasteiger partial charge on any atom is 0.339 e. The number of halogens is 2. The van der Waals surface area contributed by atoms with Gasteiger partial charge in [-0.2, -0.15) is 10.2 Å². The molecule has 2 aromatic heterocycles. The van der Waals surface area contributed by atoms with Gasteiger partial charge in [-0.3, -0.25) is 14.2 Å². The molecule has 140 valence electrons. The smallest absolute Gasteiger partial charge is 0.339 e. The van der Waals surface area contributed by atoms with Gasteiger partial charge in [0, 0.05) is 23.8 Å². The van der Waals surface area contributed by atoms with Gasteiger partial charge >= 0.3 is 5.97 Å². The summed E-state index contributed by atoms with van der Waals surface area (Å²) in [4.78, 5) is 23.7. The highest BCUT2D eigenvalue weighted by molar-refractivity contribution is 6.31. The number of aromatic nitrogens is 4. The maximum absolute atomic E-state index is 13.2. The fourth-order valence-corrected chi connectivity index (χ4v) is 2.81. The molecule has 0 aliphatic heterocycles. The molecule has 0 aliphatic carbocycles. The molecule has 3 rings (SSSR count). The third-order valence-corrected chi connectivity index (χ3v) is 4.29. The number of amides is 1. The summed E-state index contributed by atoms with van der Waals surface area (Å²) in [5, 5.41) is 20.1. The number of carbonyl (C=O) groups is 2. The van der Waals surface area contributed by atoms with Crippen molar-refractivity contribution in [2.45, 2.75) is 13.5 Å². The molecular weight excluding hydrogens is 377 g/mol. The van der Waals surface area contributed by atoms with E-state index in [4.69, 9.17) is 16.7 Å². The van der Waals surface area contributed by atoms with Crippen molar-refractivity contribution in [2.24, 2.45) is 7.05 Å². The van der Waals surface area contributed by atoms with E-state index in [1.54, 1.807) is 23.7 Å². The van der Waals surface area contributed by atoms with Crippen molar-refractivity contribution >= 4 is 29.3 Å². The van der Waals surface area contributed by atoms with Gasteiger partial charge in [0.15, 0.2) is 5.82 Å². The van der Waals surface area contributed by atoms with E-state index in [0.717, 1.165) is 11.9 Å². The van der Waals surface area contributed by atoms with Crippen LogP contribution in [0.5, 0.6) is 0 Å². The predicted octanol–water partition coefficient (Wildman–Crippen LogP) is 2.72. The number of carboxylic acid groups (broad SMARTS) is 1. The van der Waals surface area contributed by atoms with Crippen molar-refractivity contribution in [1.82, 2.24) is 19.6 Å². The van der Waals surface area contributed by atoms with Gasteiger partial charge in [-0.15, -0.1) is 0 Å². The molecule has 0 bridgehead atoms. The lowest BCUT2D eigenvalue weighted by atomic mass is 10.2. The molecule has 0 fully saturated rings. The molecule has 27 heavy (non-hydrogen) atoms. The van der Waals surface area contributed by atoms with Gasteiger partial charge in [-0.25, -0.2) is 9.18 Å². The number of aromatic carboxylic acids is 1. The second-order valence-corrected chi connectivity index (χ2v) is 6.26. The molecule has 2 heterocycles. The molecule has 0 spiro atoms. The van der Waals surface area contributed by atoms with Gasteiger partial charge in [0.2, 0.25) is 0 Å². The van der Waals surface area contributed by atoms with Gasteiger partial charge in [-0.05, 0) is 24.6 Å². The SMILES string of the molecule is Cc1cc(NC(=O)c2c(C(=O)O)cnn2C)nn1Cc1ccc(F)cc1Cl. The topological polar surface area (TPSA) is 102 Å². The highest BCUT2D eigenvalue weighted by atomic mass is 35.5. The van der Waals surface area contributed by atoms with Crippen LogP contribution in [0.3, 0.4) is 0 Å². The first-order chi connectivity index (χ1) is 12.8. The monoisotopic (exact) mass is 391 g/mol. The predicted molar refractivity (Wildman–Crippen MR) is 95.6 cm³/mol. The van der Waals surface area contributed by atoms with E-state index < -0.39 is 17.7 Å². The second kappa shape index (κ2) is 7.20. The Morgan fingerprint density at radius 2 is 2.07 bits per heavy atom. The first-order valence-electron chi connectivity index (χ1n) is 7.81. The number of nitrogens with one attached hydrogen (secondary N) is 1. The Hall–Kier alpha value is -3.20. The van der Waals surface area contributed by atoms with E-state index in [9.17, 15) is 14.0 Å². The van der Waals surface area contributed by atoms with Crippen molar-refractivity contribution < 1.29 is 19.1 Å². The van der Waals surface area contributed by atoms with Crippen LogP contribution in [0.25, 0.3) is 0 Å². The minimum Gasteiger partial charge on any atom is -0.478 e. The number of nitrogens with zero attached hydrogens (tertiary/aromatic N) is 4. The van der Waals surface area contributed by atoms with Gasteiger partial charge in [-0.1, -0.05) is 17.7 Å². The van der Waals surface area contributed by atoms with E-state index in [1.807, 2.05) is 0 Å². The summed E-state index contributed by atoms with van der Waals surface area (Å²) in [6, 6.07) is 5.71. The van der Waals surface area contributed by atoms with E-state index in [2.05, 4.69) is 15.5 Å². The van der Waals surface area contributed by atoms with Crippen LogP contribution in [0.4, 0.5) is 10.2 Å². The molecule has 2 N–H and O–H groups in total. The molecule has 1 amide bonds. The number of anilines is 1. The zero-order valence-electron chi connectivity index (χ0n) is 14.4. The van der Waals surface area contributed by atoms with Crippen LogP contribution in [-0.2, 0) is 13.6 Å². The van der Waals surface area contributed by atoms with Crippen LogP contribution in [0.15, 0.2) is 30.5 Å². The number of hydrogen-bond donors (Lipinski definition) is 2. The molecule has 0 aliphatic rings. The summed E-state index contributed by atoms with van der Waals surface area (Å²) < 4.78 is 15.9. The van der Waals surface area contributed by atoms with Crippen LogP contribution < -0.4 is 5.32 Å². The average molecular weight is 392 g/mol. The summed E-state index contributed by atoms with van der Waals surface area (Å²) in [5.74, 6) is -2.08. The Morgan fingerprint density at radius 1 is 1.33 bits per heavy atom. The number of hydrogen-bond acceptors (Lipinski definition) is 4. The number of aryl methyl sites for hydroxylation is 2. The van der Waals surface area contributed by atoms with Crippen LogP contribution in [0, 0.1) is 12.7 Å². The van der Waals surface area contributed by atoms with Gasteiger partial charge < -0.3 is 10.4 Å². The fraction of sp³-hybridized carbons (Fsp3) is 0.176. The number of carbonyl (C=O) groups excluding carboxylic acids is 1. The van der Waals surface area contributed by atoms with Crippen LogP contribution in [0.2, 0.25) is 5.02 Å². The van der Waals surface area contributed by atoms with Gasteiger partial charge in [0.25, 0.3) is 5.91 Å². The number of rotatable bonds is 5. The molecule has 8 nitrogen and oxygen atoms in total. The zero-order valence-corrected chi connectivity index (χ0v) is 15.2. The molecule has 0 atom stereocenters. The summed E-state index contributed by atoms with van der Waals surface area (Å²) in [7, 11) is 1.47. The normalized spacial score (nSPS) is 10.8. The van der Waals surface area contributed by atoms with Crippen molar-refractivity contribution in [3.05, 3.63) is 63.8 Å². The molecule has 0 radical (unpaired) electrons. The van der Waals surface area contributed by atoms with E-state index >= 15 is 0 Å². The first kappa shape index (κ1) is 18.6. The van der Waals surface area contributed by atoms with Crippen molar-refractivity contribution in [1.29, 1.82) is 0 Å². The summed E-state index contributed by atoms with van der Waals surface area (Å²) >= 11 is 6.04. The standard InChI is InChI=1S/C17H15ClFN5O3/c1-9-5-14(21-16(25)15-12(17(26)27)7-20-23(15)2)22-24(9)8-10-3-4-11(19)6-13(10)18/h3-7H,8H2,1-2H3,(H,26,27)(H,21,22,25). The lowest BCUT2D eigenvalue weighted by molar-refractivity contribution is 0.0692. The molecule has 10 heteroatoms. The second-order valence-electron chi connectivity index (χ2n) is 5.85. The van der Waals surface area contributed by atoms with Gasteiger partial charge in [0.1, 0.15) is 17.1 Å². The quantitative estimate of drug-likeness (QED) is 0.696. The molecule has 0 saturated heterocycles. The summed E-state index contributed by atoms with van der Waals surface area (Å²) in [5.41, 5.74) is 1.11. The molecule has 0 unspecified atom stereocenters. The minimum absolute atomic E-state index is 0.0868. The Labute approximate surface area is 158 Å². The van der Waals surface area contributed by atoms with Crippen molar-refractivity contribution in [3.8, 4) is 0 Å². The Bertz CT molecular complexity index is 1040. The Kier molecular flexibility index (Phi) is 4.95. The maximum atomic E-state index is 13.2. The van der Waals surface area contributed by atoms with E-state index in [-0.39, 0.29) is 28.6 Å². The fourth-order valence-electron chi connectivity index (χ4n) is 2.58. The lowest BCUT2D eigenvalue weighted by Gasteiger charge is -2.07. The summed E-state index contributed by atoms with van der Waals surface area (Å²) in [6.07, 6.45) is 1.11. The van der Waals surface area contributed by atoms with E-state index in [1.165, 1.54) is 23.9 Å². The van der Waals surface area contributed by atoms with Crippen molar-refractivity contribution in [3.63, 3.8) is 0 Å². The third kappa shape index (κ3) is 3.82. The Morgan fingerprint density at radius 3 is 2.74 bits per heavy atom. The minimum atomic E-state index is -1.25. The molecule has 1 aromatic carbocycles. The third-order valence-electron chi connectivity index (χ3n) is 3.94. The van der Waals surface area contributed by atoms with Crippen molar-refractivity contribution in [2.75, 3.05) is 5.32 Å². The highest BCUT2D eigenvalue weighted by Crippen LogP contribution is 2.20. The highest BCUT2D eigenvalue weighted by Gasteiger charge is 2.22. The van der Waals surface area contributed by atoms with E-state index in [0.29, 0.717) is 5.56 Å². The number of carboxylic acids is 1. The first-order valence-corrected chi connectivity index (χ1v) is 8.19. The van der Waals surface area contributed by atoms with Gasteiger partial charge in [0.05, 0.1) is 12.7 Å². The Balaban J connectivity index is 1.82. The molecule has 0 saturated carbocycles. The lowest BCUT2D eigenvalue weighted by Crippen LogP contribution is -2.19. The van der Waals surface area contributed by atoms with Crippen LogP contribution in [0.1, 0.15) is 32.1 Å². The molecule has 3 aromatic rings. The number of benzene rings is 1.